The van der Waals surface area contributed by atoms with E-state index in [1.54, 1.807) is 0 Å². The number of hydrogen-bond acceptors (Lipinski definition) is 2. The van der Waals surface area contributed by atoms with Crippen molar-refractivity contribution < 1.29 is 19.8 Å². The average molecular weight is 270 g/mol. The summed E-state index contributed by atoms with van der Waals surface area (Å²) in [5.74, 6) is -1.40. The molecule has 0 rings (SSSR count). The van der Waals surface area contributed by atoms with Crippen molar-refractivity contribution in [2.24, 2.45) is 0 Å². The van der Waals surface area contributed by atoms with Crippen LogP contribution in [0.15, 0.2) is 0 Å². The largest absolute Gasteiger partial charge is 0.481 e. The second-order valence-corrected chi connectivity index (χ2v) is 4.82. The first-order valence-electron chi connectivity index (χ1n) is 7.06. The number of carbonyl (C=O) groups is 2. The summed E-state index contributed by atoms with van der Waals surface area (Å²) < 4.78 is 0. The van der Waals surface area contributed by atoms with E-state index in [2.05, 4.69) is 0 Å². The van der Waals surface area contributed by atoms with Crippen molar-refractivity contribution in [2.75, 3.05) is 0 Å². The standard InChI is InChI=1S/C14H26O4.C/c15-13(16)11-9-7-5-3-1-2-4-6-8-10-12-14(17)18;/h1-12H2,(H,15,16)(H,17,18);. The zero-order chi connectivity index (χ0) is 13.6. The molecule has 4 radical (unpaired) electrons. The molecular formula is C15H26O4. The van der Waals surface area contributed by atoms with E-state index in [0.717, 1.165) is 38.5 Å². The molecule has 0 amide bonds. The minimum absolute atomic E-state index is 0. The first-order chi connectivity index (χ1) is 8.63. The second-order valence-electron chi connectivity index (χ2n) is 4.82. The summed E-state index contributed by atoms with van der Waals surface area (Å²) >= 11 is 0. The maximum Gasteiger partial charge on any atom is 0.303 e. The highest BCUT2D eigenvalue weighted by Crippen LogP contribution is 2.11. The predicted octanol–water partition coefficient (Wildman–Crippen LogP) is 3.92. The minimum atomic E-state index is -0.698. The summed E-state index contributed by atoms with van der Waals surface area (Å²) in [5, 5.41) is 16.9. The maximum absolute atomic E-state index is 10.3. The molecule has 0 aromatic heterocycles. The normalized spacial score (nSPS) is 9.89. The van der Waals surface area contributed by atoms with Gasteiger partial charge in [0.25, 0.3) is 0 Å². The first-order valence-corrected chi connectivity index (χ1v) is 7.06. The zero-order valence-corrected chi connectivity index (χ0v) is 11.7. The average Bonchev–Trinajstić information content (AvgIpc) is 2.29. The molecule has 0 aromatic rings. The van der Waals surface area contributed by atoms with Crippen molar-refractivity contribution >= 4 is 11.9 Å². The van der Waals surface area contributed by atoms with Crippen LogP contribution in [0.5, 0.6) is 0 Å². The molecule has 110 valence electrons. The minimum Gasteiger partial charge on any atom is -0.481 e. The number of rotatable bonds is 13. The lowest BCUT2D eigenvalue weighted by Gasteiger charge is -2.01. The fourth-order valence-electron chi connectivity index (χ4n) is 1.97. The van der Waals surface area contributed by atoms with Crippen LogP contribution >= 0.6 is 0 Å². The van der Waals surface area contributed by atoms with Gasteiger partial charge in [-0.15, -0.1) is 0 Å². The lowest BCUT2D eigenvalue weighted by atomic mass is 10.1. The highest BCUT2D eigenvalue weighted by atomic mass is 16.4. The SMILES string of the molecule is O=C(O)CCCCCCCCCCCCC(=O)O.[C]. The number of unbranched alkanes of at least 4 members (excludes halogenated alkanes) is 9. The Balaban J connectivity index is 0. The molecule has 0 aliphatic heterocycles. The van der Waals surface area contributed by atoms with Gasteiger partial charge in [-0.1, -0.05) is 51.4 Å². The van der Waals surface area contributed by atoms with Crippen LogP contribution in [0.25, 0.3) is 0 Å². The van der Waals surface area contributed by atoms with E-state index in [9.17, 15) is 9.59 Å². The lowest BCUT2D eigenvalue weighted by Crippen LogP contribution is -1.93. The second kappa shape index (κ2) is 15.0. The Labute approximate surface area is 117 Å². The molecule has 0 spiro atoms. The van der Waals surface area contributed by atoms with Crippen molar-refractivity contribution in [3.8, 4) is 0 Å². The van der Waals surface area contributed by atoms with E-state index >= 15 is 0 Å². The van der Waals surface area contributed by atoms with Crippen molar-refractivity contribution in [3.05, 3.63) is 7.43 Å². The van der Waals surface area contributed by atoms with Gasteiger partial charge in [0.05, 0.1) is 0 Å². The molecule has 19 heavy (non-hydrogen) atoms. The summed E-state index contributed by atoms with van der Waals surface area (Å²) in [5.41, 5.74) is 0. The fraction of sp³-hybridized carbons (Fsp3) is 0.800. The third-order valence-corrected chi connectivity index (χ3v) is 3.03. The summed E-state index contributed by atoms with van der Waals surface area (Å²) in [4.78, 5) is 20.5. The van der Waals surface area contributed by atoms with Gasteiger partial charge in [-0.05, 0) is 12.8 Å². The Morgan fingerprint density at radius 3 is 0.947 bits per heavy atom. The molecule has 0 atom stereocenters. The summed E-state index contributed by atoms with van der Waals surface area (Å²) in [6, 6.07) is 0. The molecule has 0 saturated carbocycles. The van der Waals surface area contributed by atoms with Crippen molar-refractivity contribution in [3.63, 3.8) is 0 Å². The van der Waals surface area contributed by atoms with Crippen LogP contribution in [0, 0.1) is 7.43 Å². The van der Waals surface area contributed by atoms with Gasteiger partial charge in [0.2, 0.25) is 0 Å². The molecule has 0 fully saturated rings. The van der Waals surface area contributed by atoms with Gasteiger partial charge in [-0.25, -0.2) is 0 Å². The Morgan fingerprint density at radius 1 is 0.526 bits per heavy atom. The Bertz CT molecular complexity index is 202. The van der Waals surface area contributed by atoms with Crippen LogP contribution in [0.3, 0.4) is 0 Å². The number of hydrogen-bond donors (Lipinski definition) is 2. The van der Waals surface area contributed by atoms with Crippen LogP contribution in [-0.4, -0.2) is 22.2 Å². The van der Waals surface area contributed by atoms with E-state index in [1.807, 2.05) is 0 Å². The molecule has 0 aliphatic carbocycles. The highest BCUT2D eigenvalue weighted by molar-refractivity contribution is 5.66. The van der Waals surface area contributed by atoms with E-state index in [4.69, 9.17) is 10.2 Å². The van der Waals surface area contributed by atoms with Crippen molar-refractivity contribution in [2.45, 2.75) is 77.0 Å². The van der Waals surface area contributed by atoms with Gasteiger partial charge in [-0.2, -0.15) is 0 Å². The van der Waals surface area contributed by atoms with Gasteiger partial charge in [0.1, 0.15) is 0 Å². The van der Waals surface area contributed by atoms with Gasteiger partial charge in [-0.3, -0.25) is 9.59 Å². The van der Waals surface area contributed by atoms with Crippen molar-refractivity contribution in [1.29, 1.82) is 0 Å². The van der Waals surface area contributed by atoms with Gasteiger partial charge >= 0.3 is 11.9 Å². The maximum atomic E-state index is 10.3. The van der Waals surface area contributed by atoms with Crippen LogP contribution in [0.4, 0.5) is 0 Å². The number of carboxylic acid groups (broad SMARTS) is 2. The van der Waals surface area contributed by atoms with Crippen LogP contribution < -0.4 is 0 Å². The van der Waals surface area contributed by atoms with Crippen LogP contribution in [0.1, 0.15) is 77.0 Å². The predicted molar refractivity (Wildman–Crippen MR) is 73.9 cm³/mol. The quantitative estimate of drug-likeness (QED) is 0.497. The van der Waals surface area contributed by atoms with Gasteiger partial charge in [0, 0.05) is 20.3 Å². The molecule has 0 aliphatic rings. The summed E-state index contributed by atoms with van der Waals surface area (Å²) in [6.07, 6.45) is 11.3. The third kappa shape index (κ3) is 19.5. The molecule has 0 bridgehead atoms. The zero-order valence-electron chi connectivity index (χ0n) is 11.7. The Morgan fingerprint density at radius 2 is 0.737 bits per heavy atom. The smallest absolute Gasteiger partial charge is 0.303 e. The van der Waals surface area contributed by atoms with E-state index < -0.39 is 11.9 Å². The Hall–Kier alpha value is -1.06. The summed E-state index contributed by atoms with van der Waals surface area (Å²) in [7, 11) is 0. The summed E-state index contributed by atoms with van der Waals surface area (Å²) in [6.45, 7) is 0. The van der Waals surface area contributed by atoms with E-state index in [1.165, 1.54) is 25.7 Å². The third-order valence-electron chi connectivity index (χ3n) is 3.03. The van der Waals surface area contributed by atoms with E-state index in [-0.39, 0.29) is 7.43 Å². The molecule has 0 aromatic carbocycles. The molecule has 4 nitrogen and oxygen atoms in total. The molecule has 0 heterocycles. The molecule has 2 N–H and O–H groups in total. The highest BCUT2D eigenvalue weighted by Gasteiger charge is 1.98. The van der Waals surface area contributed by atoms with Gasteiger partial charge < -0.3 is 10.2 Å². The van der Waals surface area contributed by atoms with Crippen LogP contribution in [-0.2, 0) is 9.59 Å². The number of carboxylic acids is 2. The van der Waals surface area contributed by atoms with Gasteiger partial charge in [0.15, 0.2) is 0 Å². The molecule has 0 unspecified atom stereocenters. The molecule has 0 saturated heterocycles. The van der Waals surface area contributed by atoms with Crippen molar-refractivity contribution in [1.82, 2.24) is 0 Å². The molecule has 4 heteroatoms. The monoisotopic (exact) mass is 270 g/mol. The fourth-order valence-corrected chi connectivity index (χ4v) is 1.97. The Kier molecular flexibility index (Phi) is 16.0. The van der Waals surface area contributed by atoms with E-state index in [0.29, 0.717) is 12.8 Å². The lowest BCUT2D eigenvalue weighted by molar-refractivity contribution is -0.138. The topological polar surface area (TPSA) is 74.6 Å². The number of aliphatic carboxylic acids is 2. The van der Waals surface area contributed by atoms with Crippen LogP contribution in [0.2, 0.25) is 0 Å². The molecular weight excluding hydrogens is 244 g/mol. The first kappa shape index (κ1) is 20.3.